The number of ether oxygens (including phenoxy) is 1. The lowest BCUT2D eigenvalue weighted by Gasteiger charge is -2.22. The molecule has 7 atom stereocenters. The summed E-state index contributed by atoms with van der Waals surface area (Å²) < 4.78 is 19.8. The SMILES string of the molecule is O=C1C2CCC(C2)C1Nc1nc(Cl)nc2c1ncn2[C@@H]1O[C@H](CF)[C@@H](O)[C@H]1O. The van der Waals surface area contributed by atoms with Crippen LogP contribution in [0.15, 0.2) is 6.33 Å². The second-order valence-electron chi connectivity index (χ2n) is 7.66. The Kier molecular flexibility index (Phi) is 4.27. The monoisotopic (exact) mass is 411 g/mol. The molecule has 9 nitrogen and oxygen atoms in total. The third-order valence-electron chi connectivity index (χ3n) is 6.10. The van der Waals surface area contributed by atoms with Crippen LogP contribution < -0.4 is 5.32 Å². The molecule has 2 aromatic rings. The summed E-state index contributed by atoms with van der Waals surface area (Å²) in [5, 5.41) is 23.3. The minimum absolute atomic E-state index is 0.0672. The highest BCUT2D eigenvalue weighted by Gasteiger charge is 2.47. The molecular formula is C17H19ClFN5O4. The van der Waals surface area contributed by atoms with Crippen molar-refractivity contribution in [2.75, 3.05) is 12.0 Å². The van der Waals surface area contributed by atoms with Gasteiger partial charge in [-0.05, 0) is 36.8 Å². The minimum Gasteiger partial charge on any atom is -0.387 e. The highest BCUT2D eigenvalue weighted by atomic mass is 35.5. The van der Waals surface area contributed by atoms with E-state index < -0.39 is 31.2 Å². The normalized spacial score (nSPS) is 37.3. The maximum atomic E-state index is 13.0. The number of carbonyl (C=O) groups excluding carboxylic acids is 1. The molecule has 2 saturated carbocycles. The van der Waals surface area contributed by atoms with Crippen LogP contribution in [0, 0.1) is 11.8 Å². The molecule has 5 rings (SSSR count). The number of aromatic nitrogens is 4. The van der Waals surface area contributed by atoms with Crippen molar-refractivity contribution in [1.82, 2.24) is 19.5 Å². The van der Waals surface area contributed by atoms with Gasteiger partial charge in [-0.1, -0.05) is 0 Å². The molecule has 3 N–H and O–H groups in total. The fourth-order valence-corrected chi connectivity index (χ4v) is 4.83. The smallest absolute Gasteiger partial charge is 0.226 e. The van der Waals surface area contributed by atoms with Gasteiger partial charge >= 0.3 is 0 Å². The quantitative estimate of drug-likeness (QED) is 0.633. The highest BCUT2D eigenvalue weighted by molar-refractivity contribution is 6.28. The number of alkyl halides is 1. The number of rotatable bonds is 4. The van der Waals surface area contributed by atoms with Crippen molar-refractivity contribution in [2.45, 2.75) is 49.8 Å². The maximum Gasteiger partial charge on any atom is 0.226 e. The first-order chi connectivity index (χ1) is 13.5. The van der Waals surface area contributed by atoms with Crippen LogP contribution in [-0.4, -0.2) is 66.5 Å². The first-order valence-corrected chi connectivity index (χ1v) is 9.63. The van der Waals surface area contributed by atoms with Gasteiger partial charge in [0, 0.05) is 5.92 Å². The molecule has 0 radical (unpaired) electrons. The summed E-state index contributed by atoms with van der Waals surface area (Å²) in [5.41, 5.74) is 0.614. The molecule has 1 saturated heterocycles. The van der Waals surface area contributed by atoms with Crippen molar-refractivity contribution in [1.29, 1.82) is 0 Å². The number of aliphatic hydroxyl groups is 2. The molecule has 28 heavy (non-hydrogen) atoms. The summed E-state index contributed by atoms with van der Waals surface area (Å²) in [7, 11) is 0. The van der Waals surface area contributed by atoms with E-state index in [9.17, 15) is 19.4 Å². The number of nitrogens with zero attached hydrogens (tertiary/aromatic N) is 4. The van der Waals surface area contributed by atoms with Crippen molar-refractivity contribution in [3.8, 4) is 0 Å². The Hall–Kier alpha value is -1.88. The van der Waals surface area contributed by atoms with Crippen LogP contribution in [0.3, 0.4) is 0 Å². The predicted octanol–water partition coefficient (Wildman–Crippen LogP) is 0.848. The van der Waals surface area contributed by atoms with E-state index in [-0.39, 0.29) is 34.6 Å². The van der Waals surface area contributed by atoms with E-state index in [0.29, 0.717) is 11.3 Å². The molecule has 2 bridgehead atoms. The first kappa shape index (κ1) is 18.2. The third-order valence-corrected chi connectivity index (χ3v) is 6.27. The molecule has 3 heterocycles. The number of hydrogen-bond acceptors (Lipinski definition) is 8. The average molecular weight is 412 g/mol. The van der Waals surface area contributed by atoms with Gasteiger partial charge in [-0.25, -0.2) is 9.37 Å². The molecule has 2 aromatic heterocycles. The van der Waals surface area contributed by atoms with Gasteiger partial charge in [0.15, 0.2) is 29.0 Å². The van der Waals surface area contributed by atoms with Crippen LogP contribution in [0.4, 0.5) is 10.2 Å². The molecule has 0 spiro atoms. The predicted molar refractivity (Wildman–Crippen MR) is 95.5 cm³/mol. The van der Waals surface area contributed by atoms with E-state index in [2.05, 4.69) is 20.3 Å². The Morgan fingerprint density at radius 2 is 2.14 bits per heavy atom. The van der Waals surface area contributed by atoms with Crippen molar-refractivity contribution < 1.29 is 24.1 Å². The Morgan fingerprint density at radius 3 is 2.82 bits per heavy atom. The fourth-order valence-electron chi connectivity index (χ4n) is 4.66. The standard InChI is InChI=1S/C17H19ClFN5O4/c18-17-22-14(21-9-6-1-2-7(3-6)11(9)25)10-15(23-17)24(5-20-10)16-13(27)12(26)8(4-19)28-16/h5-9,12-13,16,26-27H,1-4H2,(H,21,22,23)/t6?,7?,8-,9?,12-,13-,16-/m1/s1. The Balaban J connectivity index is 1.50. The number of nitrogens with one attached hydrogen (secondary N) is 1. The van der Waals surface area contributed by atoms with Gasteiger partial charge in [-0.15, -0.1) is 0 Å². The van der Waals surface area contributed by atoms with Crippen molar-refractivity contribution in [3.63, 3.8) is 0 Å². The van der Waals surface area contributed by atoms with Gasteiger partial charge in [0.1, 0.15) is 25.0 Å². The average Bonchev–Trinajstić information content (AvgIpc) is 3.42. The van der Waals surface area contributed by atoms with Crippen molar-refractivity contribution in [2.24, 2.45) is 11.8 Å². The maximum absolute atomic E-state index is 13.0. The van der Waals surface area contributed by atoms with Crippen LogP contribution in [-0.2, 0) is 9.53 Å². The zero-order chi connectivity index (χ0) is 19.6. The summed E-state index contributed by atoms with van der Waals surface area (Å²) in [6.45, 7) is -0.934. The van der Waals surface area contributed by atoms with E-state index in [1.165, 1.54) is 10.9 Å². The molecule has 0 aromatic carbocycles. The number of anilines is 1. The van der Waals surface area contributed by atoms with Gasteiger partial charge in [0.2, 0.25) is 5.28 Å². The molecule has 3 fully saturated rings. The van der Waals surface area contributed by atoms with Crippen molar-refractivity contribution in [3.05, 3.63) is 11.6 Å². The Morgan fingerprint density at radius 1 is 1.32 bits per heavy atom. The van der Waals surface area contributed by atoms with Crippen LogP contribution in [0.1, 0.15) is 25.5 Å². The number of carbonyl (C=O) groups is 1. The lowest BCUT2D eigenvalue weighted by Crippen LogP contribution is -2.35. The van der Waals surface area contributed by atoms with Crippen LogP contribution in [0.2, 0.25) is 5.28 Å². The van der Waals surface area contributed by atoms with Crippen LogP contribution >= 0.6 is 11.6 Å². The topological polar surface area (TPSA) is 122 Å². The zero-order valence-corrected chi connectivity index (χ0v) is 15.5. The minimum atomic E-state index is -1.37. The van der Waals surface area contributed by atoms with Gasteiger partial charge in [0.05, 0.1) is 12.4 Å². The number of aliphatic hydroxyl groups excluding tert-OH is 2. The number of fused-ring (bicyclic) bond motifs is 3. The summed E-state index contributed by atoms with van der Waals surface area (Å²) in [5.74, 6) is 0.884. The van der Waals surface area contributed by atoms with Crippen LogP contribution in [0.5, 0.6) is 0 Å². The molecule has 11 heteroatoms. The lowest BCUT2D eigenvalue weighted by molar-refractivity contribution is -0.122. The summed E-state index contributed by atoms with van der Waals surface area (Å²) in [6, 6.07) is -0.330. The van der Waals surface area contributed by atoms with E-state index in [1.807, 2.05) is 0 Å². The van der Waals surface area contributed by atoms with Gasteiger partial charge in [-0.3, -0.25) is 9.36 Å². The summed E-state index contributed by atoms with van der Waals surface area (Å²) in [6.07, 6.45) is -0.741. The second-order valence-corrected chi connectivity index (χ2v) is 8.00. The molecule has 3 unspecified atom stereocenters. The molecule has 3 aliphatic rings. The molecular weight excluding hydrogens is 393 g/mol. The summed E-state index contributed by atoms with van der Waals surface area (Å²) in [4.78, 5) is 25.1. The number of halogens is 2. The number of ketones is 1. The van der Waals surface area contributed by atoms with E-state index in [0.717, 1.165) is 19.3 Å². The van der Waals surface area contributed by atoms with Gasteiger partial charge in [-0.2, -0.15) is 9.97 Å². The second kappa shape index (κ2) is 6.58. The lowest BCUT2D eigenvalue weighted by atomic mass is 9.94. The number of imidazole rings is 1. The number of hydrogen-bond donors (Lipinski definition) is 3. The first-order valence-electron chi connectivity index (χ1n) is 9.26. The molecule has 0 amide bonds. The zero-order valence-electron chi connectivity index (χ0n) is 14.7. The largest absolute Gasteiger partial charge is 0.387 e. The third kappa shape index (κ3) is 2.62. The summed E-state index contributed by atoms with van der Waals surface area (Å²) >= 11 is 6.08. The van der Waals surface area contributed by atoms with Crippen LogP contribution in [0.25, 0.3) is 11.2 Å². The Bertz CT molecular complexity index is 942. The van der Waals surface area contributed by atoms with Gasteiger partial charge in [0.25, 0.3) is 0 Å². The fraction of sp³-hybridized carbons (Fsp3) is 0.647. The molecule has 1 aliphatic heterocycles. The Labute approximate surface area is 163 Å². The highest BCUT2D eigenvalue weighted by Crippen LogP contribution is 2.43. The van der Waals surface area contributed by atoms with E-state index in [4.69, 9.17) is 16.3 Å². The van der Waals surface area contributed by atoms with Crippen molar-refractivity contribution >= 4 is 34.4 Å². The number of Topliss-reactive ketones (excluding diaryl/α,β-unsaturated/α-hetero) is 1. The molecule has 2 aliphatic carbocycles. The van der Waals surface area contributed by atoms with E-state index in [1.54, 1.807) is 0 Å². The van der Waals surface area contributed by atoms with E-state index >= 15 is 0 Å². The molecule has 150 valence electrons. The van der Waals surface area contributed by atoms with Gasteiger partial charge < -0.3 is 20.3 Å².